The van der Waals surface area contributed by atoms with Crippen LogP contribution in [0.3, 0.4) is 0 Å². The molecule has 2 aromatic heterocycles. The summed E-state index contributed by atoms with van der Waals surface area (Å²) in [6, 6.07) is 6.34. The Kier molecular flexibility index (Phi) is 4.52. The van der Waals surface area contributed by atoms with Crippen LogP contribution in [0, 0.1) is 31.1 Å². The number of anilines is 1. The van der Waals surface area contributed by atoms with Gasteiger partial charge in [0.05, 0.1) is 21.7 Å². The lowest BCUT2D eigenvalue weighted by Crippen LogP contribution is -2.14. The Morgan fingerprint density at radius 2 is 2.32 bits per heavy atom. The molecule has 1 aliphatic rings. The second kappa shape index (κ2) is 6.41. The van der Waals surface area contributed by atoms with E-state index in [0.29, 0.717) is 16.8 Å². The van der Waals surface area contributed by atoms with Gasteiger partial charge in [0.2, 0.25) is 5.91 Å². The van der Waals surface area contributed by atoms with Crippen LogP contribution in [-0.4, -0.2) is 16.6 Å². The second-order valence-corrected chi connectivity index (χ2v) is 8.79. The van der Waals surface area contributed by atoms with Crippen molar-refractivity contribution in [3.8, 4) is 6.07 Å². The fourth-order valence-electron chi connectivity index (χ4n) is 2.32. The first-order valence-corrected chi connectivity index (χ1v) is 9.54. The number of nitrogens with zero attached hydrogens (tertiary/aromatic N) is 2. The maximum atomic E-state index is 12.3. The summed E-state index contributed by atoms with van der Waals surface area (Å²) >= 11 is 4.68. The number of nitriles is 1. The van der Waals surface area contributed by atoms with Crippen molar-refractivity contribution in [1.29, 1.82) is 5.26 Å². The van der Waals surface area contributed by atoms with Crippen molar-refractivity contribution < 1.29 is 4.79 Å². The van der Waals surface area contributed by atoms with Gasteiger partial charge in [-0.25, -0.2) is 4.98 Å². The quantitative estimate of drug-likeness (QED) is 0.822. The first-order chi connectivity index (χ1) is 10.6. The largest absolute Gasteiger partial charge is 0.302 e. The SMILES string of the molecule is Cc1ccc([C@@H]2C[C@@H]2C(=O)Nc2nc(C)c(SCC#N)s2)s1. The van der Waals surface area contributed by atoms with E-state index in [0.717, 1.165) is 16.3 Å². The summed E-state index contributed by atoms with van der Waals surface area (Å²) in [5, 5.41) is 12.2. The number of rotatable bonds is 5. The Hall–Kier alpha value is -1.36. The van der Waals surface area contributed by atoms with E-state index >= 15 is 0 Å². The summed E-state index contributed by atoms with van der Waals surface area (Å²) in [5.74, 6) is 0.894. The fourth-order valence-corrected chi connectivity index (χ4v) is 5.18. The lowest BCUT2D eigenvalue weighted by atomic mass is 10.2. The van der Waals surface area contributed by atoms with Gasteiger partial charge in [-0.05, 0) is 32.4 Å². The summed E-state index contributed by atoms with van der Waals surface area (Å²) in [6.45, 7) is 3.99. The van der Waals surface area contributed by atoms with Crippen LogP contribution in [0.1, 0.15) is 27.8 Å². The summed E-state index contributed by atoms with van der Waals surface area (Å²) in [4.78, 5) is 19.3. The standard InChI is InChI=1S/C15H15N3OS3/c1-8-3-4-12(21-8)10-7-11(10)13(19)18-15-17-9(2)14(22-15)20-6-5-16/h3-4,10-11H,6-7H2,1-2H3,(H,17,18,19)/t10-,11+/m1/s1. The van der Waals surface area contributed by atoms with Gasteiger partial charge in [-0.2, -0.15) is 5.26 Å². The average molecular weight is 350 g/mol. The number of hydrogen-bond acceptors (Lipinski definition) is 6. The molecule has 1 aliphatic carbocycles. The molecule has 0 radical (unpaired) electrons. The third kappa shape index (κ3) is 3.35. The highest BCUT2D eigenvalue weighted by atomic mass is 32.2. The van der Waals surface area contributed by atoms with E-state index in [-0.39, 0.29) is 11.8 Å². The van der Waals surface area contributed by atoms with Crippen molar-refractivity contribution in [2.75, 3.05) is 11.1 Å². The smallest absolute Gasteiger partial charge is 0.229 e. The molecule has 0 bridgehead atoms. The Bertz CT molecular complexity index is 744. The highest BCUT2D eigenvalue weighted by molar-refractivity contribution is 8.01. The van der Waals surface area contributed by atoms with Crippen LogP contribution < -0.4 is 5.32 Å². The molecule has 2 aromatic rings. The number of thiophene rings is 1. The maximum Gasteiger partial charge on any atom is 0.229 e. The minimum absolute atomic E-state index is 0.0571. The fraction of sp³-hybridized carbons (Fsp3) is 0.400. The van der Waals surface area contributed by atoms with E-state index in [1.165, 1.54) is 32.9 Å². The molecule has 22 heavy (non-hydrogen) atoms. The van der Waals surface area contributed by atoms with E-state index in [1.807, 2.05) is 6.92 Å². The molecular formula is C15H15N3OS3. The molecule has 7 heteroatoms. The summed E-state index contributed by atoms with van der Waals surface area (Å²) in [6.07, 6.45) is 0.923. The number of carbonyl (C=O) groups excluding carboxylic acids is 1. The average Bonchev–Trinajstić information content (AvgIpc) is 3.06. The van der Waals surface area contributed by atoms with Crippen molar-refractivity contribution in [2.45, 2.75) is 30.4 Å². The molecule has 0 aliphatic heterocycles. The third-order valence-corrected chi connectivity index (χ3v) is 6.94. The van der Waals surface area contributed by atoms with Gasteiger partial charge in [0.15, 0.2) is 5.13 Å². The Balaban J connectivity index is 1.60. The number of aromatic nitrogens is 1. The molecular weight excluding hydrogens is 334 g/mol. The van der Waals surface area contributed by atoms with Gasteiger partial charge in [-0.3, -0.25) is 4.79 Å². The van der Waals surface area contributed by atoms with Crippen LogP contribution >= 0.6 is 34.4 Å². The number of hydrogen-bond donors (Lipinski definition) is 1. The molecule has 1 fully saturated rings. The zero-order valence-corrected chi connectivity index (χ0v) is 14.7. The molecule has 114 valence electrons. The van der Waals surface area contributed by atoms with Gasteiger partial charge < -0.3 is 5.32 Å². The van der Waals surface area contributed by atoms with Gasteiger partial charge >= 0.3 is 0 Å². The van der Waals surface area contributed by atoms with Crippen molar-refractivity contribution in [2.24, 2.45) is 5.92 Å². The van der Waals surface area contributed by atoms with Crippen molar-refractivity contribution in [3.63, 3.8) is 0 Å². The molecule has 4 nitrogen and oxygen atoms in total. The number of amides is 1. The van der Waals surface area contributed by atoms with E-state index in [2.05, 4.69) is 35.4 Å². The number of aryl methyl sites for hydroxylation is 2. The molecule has 3 rings (SSSR count). The number of thiazole rings is 1. The maximum absolute atomic E-state index is 12.3. The van der Waals surface area contributed by atoms with E-state index < -0.39 is 0 Å². The highest BCUT2D eigenvalue weighted by Gasteiger charge is 2.44. The van der Waals surface area contributed by atoms with E-state index in [9.17, 15) is 4.79 Å². The van der Waals surface area contributed by atoms with Gasteiger partial charge in [-0.1, -0.05) is 23.1 Å². The zero-order chi connectivity index (χ0) is 15.7. The van der Waals surface area contributed by atoms with Crippen molar-refractivity contribution in [1.82, 2.24) is 4.98 Å². The van der Waals surface area contributed by atoms with Gasteiger partial charge in [-0.15, -0.1) is 11.3 Å². The molecule has 1 saturated carbocycles. The zero-order valence-electron chi connectivity index (χ0n) is 12.3. The normalized spacial score (nSPS) is 19.7. The molecule has 0 saturated heterocycles. The predicted octanol–water partition coefficient (Wildman–Crippen LogP) is 4.18. The van der Waals surface area contributed by atoms with Crippen LogP contribution in [0.15, 0.2) is 16.3 Å². The van der Waals surface area contributed by atoms with Crippen molar-refractivity contribution >= 4 is 45.5 Å². The van der Waals surface area contributed by atoms with Crippen LogP contribution in [0.2, 0.25) is 0 Å². The molecule has 0 spiro atoms. The number of carbonyl (C=O) groups is 1. The topological polar surface area (TPSA) is 65.8 Å². The van der Waals surface area contributed by atoms with Crippen molar-refractivity contribution in [3.05, 3.63) is 27.6 Å². The lowest BCUT2D eigenvalue weighted by molar-refractivity contribution is -0.117. The summed E-state index contributed by atoms with van der Waals surface area (Å²) in [5.41, 5.74) is 0.877. The van der Waals surface area contributed by atoms with Crippen LogP contribution in [0.5, 0.6) is 0 Å². The molecule has 2 atom stereocenters. The molecule has 2 heterocycles. The Morgan fingerprint density at radius 1 is 1.50 bits per heavy atom. The number of thioether (sulfide) groups is 1. The van der Waals surface area contributed by atoms with Crippen LogP contribution in [0.25, 0.3) is 0 Å². The van der Waals surface area contributed by atoms with E-state index in [1.54, 1.807) is 11.3 Å². The molecule has 1 amide bonds. The summed E-state index contributed by atoms with van der Waals surface area (Å²) < 4.78 is 0.998. The van der Waals surface area contributed by atoms with Gasteiger partial charge in [0.1, 0.15) is 0 Å². The third-order valence-electron chi connectivity index (χ3n) is 3.51. The molecule has 0 aromatic carbocycles. The number of nitrogens with one attached hydrogen (secondary N) is 1. The lowest BCUT2D eigenvalue weighted by Gasteiger charge is -1.99. The summed E-state index contributed by atoms with van der Waals surface area (Å²) in [7, 11) is 0. The van der Waals surface area contributed by atoms with E-state index in [4.69, 9.17) is 5.26 Å². The molecule has 1 N–H and O–H groups in total. The monoisotopic (exact) mass is 349 g/mol. The van der Waals surface area contributed by atoms with Crippen LogP contribution in [-0.2, 0) is 4.79 Å². The highest BCUT2D eigenvalue weighted by Crippen LogP contribution is 2.50. The molecule has 0 unspecified atom stereocenters. The Morgan fingerprint density at radius 3 is 3.00 bits per heavy atom. The predicted molar refractivity (Wildman–Crippen MR) is 91.7 cm³/mol. The first kappa shape index (κ1) is 15.5. The van der Waals surface area contributed by atoms with Crippen LogP contribution in [0.4, 0.5) is 5.13 Å². The minimum atomic E-state index is 0.0571. The van der Waals surface area contributed by atoms with Gasteiger partial charge in [0, 0.05) is 21.6 Å². The van der Waals surface area contributed by atoms with Gasteiger partial charge in [0.25, 0.3) is 0 Å². The minimum Gasteiger partial charge on any atom is -0.302 e. The first-order valence-electron chi connectivity index (χ1n) is 6.93. The second-order valence-electron chi connectivity index (χ2n) is 5.23. The Labute approximate surface area is 141 Å².